The Balaban J connectivity index is 2.23. The summed E-state index contributed by atoms with van der Waals surface area (Å²) in [7, 11) is 0. The third-order valence-electron chi connectivity index (χ3n) is 1.96. The molecule has 2 rings (SSSR count). The lowest BCUT2D eigenvalue weighted by atomic mass is 10.2. The number of rotatable bonds is 2. The number of carbonyl (C=O) groups excluding carboxylic acids is 1. The van der Waals surface area contributed by atoms with E-state index in [1.807, 2.05) is 12.1 Å². The summed E-state index contributed by atoms with van der Waals surface area (Å²) in [5.41, 5.74) is 2.37. The number of nitrogens with zero attached hydrogens (tertiary/aromatic N) is 3. The lowest BCUT2D eigenvalue weighted by molar-refractivity contribution is -0.114. The lowest BCUT2D eigenvalue weighted by Gasteiger charge is -2.03. The number of aromatic nitrogens is 3. The first-order valence-corrected chi connectivity index (χ1v) is 4.76. The topological polar surface area (TPSA) is 67.8 Å². The van der Waals surface area contributed by atoms with Gasteiger partial charge in [0.2, 0.25) is 5.91 Å². The second-order valence-electron chi connectivity index (χ2n) is 3.24. The van der Waals surface area contributed by atoms with Crippen LogP contribution in [0.1, 0.15) is 6.92 Å². The van der Waals surface area contributed by atoms with Gasteiger partial charge in [-0.15, -0.1) is 0 Å². The van der Waals surface area contributed by atoms with Crippen molar-refractivity contribution in [1.29, 1.82) is 0 Å². The number of nitrogens with one attached hydrogen (secondary N) is 1. The van der Waals surface area contributed by atoms with E-state index in [-0.39, 0.29) is 5.91 Å². The number of hydrogen-bond donors (Lipinski definition) is 1. The maximum Gasteiger partial charge on any atom is 0.221 e. The monoisotopic (exact) mass is 214 g/mol. The van der Waals surface area contributed by atoms with E-state index in [4.69, 9.17) is 0 Å². The van der Waals surface area contributed by atoms with Crippen LogP contribution >= 0.6 is 0 Å². The molecule has 0 aliphatic carbocycles. The van der Waals surface area contributed by atoms with Crippen LogP contribution in [-0.4, -0.2) is 21.1 Å². The molecule has 1 amide bonds. The molecule has 5 nitrogen and oxygen atoms in total. The minimum absolute atomic E-state index is 0.111. The van der Waals surface area contributed by atoms with Crippen molar-refractivity contribution in [2.75, 3.05) is 5.32 Å². The van der Waals surface area contributed by atoms with Gasteiger partial charge in [0, 0.05) is 12.5 Å². The van der Waals surface area contributed by atoms with Crippen molar-refractivity contribution in [3.8, 4) is 11.3 Å². The van der Waals surface area contributed by atoms with Gasteiger partial charge >= 0.3 is 0 Å². The number of carbonyl (C=O) groups is 1. The van der Waals surface area contributed by atoms with Crippen LogP contribution in [0.15, 0.2) is 36.8 Å². The van der Waals surface area contributed by atoms with Crippen LogP contribution in [-0.2, 0) is 4.79 Å². The molecule has 1 N–H and O–H groups in total. The highest BCUT2D eigenvalue weighted by Gasteiger charge is 2.00. The summed E-state index contributed by atoms with van der Waals surface area (Å²) in [6.07, 6.45) is 4.86. The average molecular weight is 214 g/mol. The summed E-state index contributed by atoms with van der Waals surface area (Å²) in [6.45, 7) is 1.46. The van der Waals surface area contributed by atoms with Crippen molar-refractivity contribution >= 4 is 11.6 Å². The zero-order valence-electron chi connectivity index (χ0n) is 8.71. The molecule has 0 aromatic carbocycles. The summed E-state index contributed by atoms with van der Waals surface area (Å²) in [6, 6.07) is 5.44. The molecule has 2 aromatic rings. The van der Waals surface area contributed by atoms with E-state index in [1.54, 1.807) is 24.7 Å². The first-order valence-electron chi connectivity index (χ1n) is 4.76. The molecule has 0 aliphatic rings. The Morgan fingerprint density at radius 1 is 1.19 bits per heavy atom. The second kappa shape index (κ2) is 4.48. The van der Waals surface area contributed by atoms with Crippen LogP contribution < -0.4 is 5.32 Å². The van der Waals surface area contributed by atoms with E-state index in [1.165, 1.54) is 6.92 Å². The maximum absolute atomic E-state index is 10.8. The molecule has 2 heterocycles. The highest BCUT2D eigenvalue weighted by Crippen LogP contribution is 2.16. The van der Waals surface area contributed by atoms with Gasteiger partial charge in [0.1, 0.15) is 0 Å². The van der Waals surface area contributed by atoms with E-state index >= 15 is 0 Å². The SMILES string of the molecule is CC(=O)Nc1ccc(-c2ccnnc2)nc1. The van der Waals surface area contributed by atoms with Gasteiger partial charge in [-0.1, -0.05) is 0 Å². The van der Waals surface area contributed by atoms with E-state index < -0.39 is 0 Å². The summed E-state index contributed by atoms with van der Waals surface area (Å²) in [5.74, 6) is -0.111. The molecule has 80 valence electrons. The molecule has 2 aromatic heterocycles. The van der Waals surface area contributed by atoms with Crippen molar-refractivity contribution in [2.45, 2.75) is 6.92 Å². The fourth-order valence-corrected chi connectivity index (χ4v) is 1.28. The lowest BCUT2D eigenvalue weighted by Crippen LogP contribution is -2.05. The molecule has 0 unspecified atom stereocenters. The maximum atomic E-state index is 10.8. The smallest absolute Gasteiger partial charge is 0.221 e. The van der Waals surface area contributed by atoms with Gasteiger partial charge in [-0.05, 0) is 18.2 Å². The molecule has 5 heteroatoms. The third-order valence-corrected chi connectivity index (χ3v) is 1.96. The standard InChI is InChI=1S/C11H10N4O/c1-8(16)15-10-2-3-11(12-7-10)9-4-5-13-14-6-9/h2-7H,1H3,(H,15,16). The predicted octanol–water partition coefficient (Wildman–Crippen LogP) is 1.50. The van der Waals surface area contributed by atoms with Crippen LogP contribution in [0.2, 0.25) is 0 Å². The fraction of sp³-hybridized carbons (Fsp3) is 0.0909. The predicted molar refractivity (Wildman–Crippen MR) is 59.6 cm³/mol. The summed E-state index contributed by atoms with van der Waals surface area (Å²) >= 11 is 0. The molecule has 0 fully saturated rings. The Bertz CT molecular complexity index is 481. The van der Waals surface area contributed by atoms with Crippen LogP contribution in [0, 0.1) is 0 Å². The Kier molecular flexibility index (Phi) is 2.86. The highest BCUT2D eigenvalue weighted by molar-refractivity contribution is 5.88. The number of pyridine rings is 1. The van der Waals surface area contributed by atoms with Crippen molar-refractivity contribution in [3.63, 3.8) is 0 Å². The van der Waals surface area contributed by atoms with E-state index in [0.29, 0.717) is 5.69 Å². The van der Waals surface area contributed by atoms with Crippen LogP contribution in [0.4, 0.5) is 5.69 Å². The molecule has 0 aliphatic heterocycles. The minimum Gasteiger partial charge on any atom is -0.325 e. The van der Waals surface area contributed by atoms with Gasteiger partial charge in [0.25, 0.3) is 0 Å². The zero-order valence-corrected chi connectivity index (χ0v) is 8.71. The largest absolute Gasteiger partial charge is 0.325 e. The molecule has 0 spiro atoms. The van der Waals surface area contributed by atoms with Gasteiger partial charge in [-0.2, -0.15) is 10.2 Å². The highest BCUT2D eigenvalue weighted by atomic mass is 16.1. The average Bonchev–Trinajstić information content (AvgIpc) is 2.30. The summed E-state index contributed by atoms with van der Waals surface area (Å²) in [4.78, 5) is 15.0. The normalized spacial score (nSPS) is 9.81. The quantitative estimate of drug-likeness (QED) is 0.822. The summed E-state index contributed by atoms with van der Waals surface area (Å²) in [5, 5.41) is 10.1. The van der Waals surface area contributed by atoms with Crippen LogP contribution in [0.25, 0.3) is 11.3 Å². The van der Waals surface area contributed by atoms with E-state index in [0.717, 1.165) is 11.3 Å². The van der Waals surface area contributed by atoms with Gasteiger partial charge in [0.05, 0.1) is 30.0 Å². The molecular formula is C11H10N4O. The van der Waals surface area contributed by atoms with Gasteiger partial charge in [-0.3, -0.25) is 9.78 Å². The number of hydrogen-bond acceptors (Lipinski definition) is 4. The molecule has 0 bridgehead atoms. The fourth-order valence-electron chi connectivity index (χ4n) is 1.28. The Morgan fingerprint density at radius 2 is 2.06 bits per heavy atom. The van der Waals surface area contributed by atoms with Crippen LogP contribution in [0.5, 0.6) is 0 Å². The molecule has 16 heavy (non-hydrogen) atoms. The van der Waals surface area contributed by atoms with Gasteiger partial charge in [0.15, 0.2) is 0 Å². The number of anilines is 1. The first-order chi connectivity index (χ1) is 7.75. The van der Waals surface area contributed by atoms with Crippen molar-refractivity contribution in [1.82, 2.24) is 15.2 Å². The second-order valence-corrected chi connectivity index (χ2v) is 3.24. The Morgan fingerprint density at radius 3 is 2.62 bits per heavy atom. The Labute approximate surface area is 92.6 Å². The molecule has 0 atom stereocenters. The first kappa shape index (κ1) is 10.2. The zero-order chi connectivity index (χ0) is 11.4. The third kappa shape index (κ3) is 2.38. The summed E-state index contributed by atoms with van der Waals surface area (Å²) < 4.78 is 0. The van der Waals surface area contributed by atoms with E-state index in [2.05, 4.69) is 20.5 Å². The number of amides is 1. The minimum atomic E-state index is -0.111. The van der Waals surface area contributed by atoms with Crippen LogP contribution in [0.3, 0.4) is 0 Å². The molecule has 0 saturated heterocycles. The van der Waals surface area contributed by atoms with Crippen molar-refractivity contribution in [2.24, 2.45) is 0 Å². The molecule has 0 radical (unpaired) electrons. The van der Waals surface area contributed by atoms with Crippen molar-refractivity contribution < 1.29 is 4.79 Å². The van der Waals surface area contributed by atoms with E-state index in [9.17, 15) is 4.79 Å². The molecule has 0 saturated carbocycles. The van der Waals surface area contributed by atoms with Gasteiger partial charge < -0.3 is 5.32 Å². The Hall–Kier alpha value is -2.30. The molecular weight excluding hydrogens is 204 g/mol. The van der Waals surface area contributed by atoms with Gasteiger partial charge in [-0.25, -0.2) is 0 Å². The van der Waals surface area contributed by atoms with Crippen molar-refractivity contribution in [3.05, 3.63) is 36.8 Å².